The number of carbonyl (C=O) groups excluding carboxylic acids is 1. The first-order valence-electron chi connectivity index (χ1n) is 10.3. The van der Waals surface area contributed by atoms with Gasteiger partial charge in [0.25, 0.3) is 5.91 Å². The molecule has 0 aliphatic heterocycles. The van der Waals surface area contributed by atoms with Crippen molar-refractivity contribution in [1.29, 1.82) is 0 Å². The second-order valence-electron chi connectivity index (χ2n) is 8.08. The SMILES string of the molecule is CCCCOc1ccc(/C=N/NC(=O)COc2ccc(Br)cc2C(C)(C)C)cc1OC. The van der Waals surface area contributed by atoms with Crippen LogP contribution in [-0.4, -0.2) is 32.4 Å². The number of ether oxygens (including phenoxy) is 3. The molecule has 2 aromatic carbocycles. The van der Waals surface area contributed by atoms with E-state index in [-0.39, 0.29) is 17.9 Å². The summed E-state index contributed by atoms with van der Waals surface area (Å²) in [5, 5.41) is 4.01. The highest BCUT2D eigenvalue weighted by Gasteiger charge is 2.20. The molecule has 0 saturated heterocycles. The van der Waals surface area contributed by atoms with E-state index in [1.165, 1.54) is 0 Å². The molecule has 0 atom stereocenters. The summed E-state index contributed by atoms with van der Waals surface area (Å²) in [6, 6.07) is 11.3. The fourth-order valence-electron chi connectivity index (χ4n) is 2.78. The molecule has 0 bridgehead atoms. The summed E-state index contributed by atoms with van der Waals surface area (Å²) in [6.45, 7) is 8.92. The Bertz CT molecular complexity index is 907. The first kappa shape index (κ1) is 24.7. The number of methoxy groups -OCH3 is 1. The molecule has 1 amide bonds. The van der Waals surface area contributed by atoms with Gasteiger partial charge in [0.1, 0.15) is 5.75 Å². The van der Waals surface area contributed by atoms with Crippen LogP contribution in [0, 0.1) is 0 Å². The Balaban J connectivity index is 1.93. The van der Waals surface area contributed by atoms with Gasteiger partial charge >= 0.3 is 0 Å². The number of benzene rings is 2. The molecule has 0 radical (unpaired) electrons. The van der Waals surface area contributed by atoms with Crippen molar-refractivity contribution in [2.45, 2.75) is 46.0 Å². The zero-order chi connectivity index (χ0) is 22.9. The summed E-state index contributed by atoms with van der Waals surface area (Å²) in [7, 11) is 1.59. The molecule has 168 valence electrons. The molecule has 31 heavy (non-hydrogen) atoms. The minimum atomic E-state index is -0.342. The number of carbonyl (C=O) groups is 1. The second kappa shape index (κ2) is 11.7. The third kappa shape index (κ3) is 7.90. The lowest BCUT2D eigenvalue weighted by atomic mass is 9.86. The first-order chi connectivity index (χ1) is 14.7. The van der Waals surface area contributed by atoms with Gasteiger partial charge < -0.3 is 14.2 Å². The predicted molar refractivity (Wildman–Crippen MR) is 127 cm³/mol. The molecule has 1 N–H and O–H groups in total. The number of nitrogens with one attached hydrogen (secondary N) is 1. The Hall–Kier alpha value is -2.54. The molecule has 0 aliphatic carbocycles. The van der Waals surface area contributed by atoms with Crippen LogP contribution in [0.2, 0.25) is 0 Å². The fourth-order valence-corrected chi connectivity index (χ4v) is 3.14. The van der Waals surface area contributed by atoms with Gasteiger partial charge in [-0.1, -0.05) is 50.0 Å². The molecule has 2 rings (SSSR count). The lowest BCUT2D eigenvalue weighted by Crippen LogP contribution is -2.25. The molecule has 0 aromatic heterocycles. The van der Waals surface area contributed by atoms with E-state index < -0.39 is 0 Å². The second-order valence-corrected chi connectivity index (χ2v) is 9.00. The standard InChI is InChI=1S/C24H31BrN2O4/c1-6-7-12-30-21-10-8-17(13-22(21)29-5)15-26-27-23(28)16-31-20-11-9-18(25)14-19(20)24(2,3)4/h8-11,13-15H,6-7,12,16H2,1-5H3,(H,27,28)/b26-15+. The number of hydrogen-bond donors (Lipinski definition) is 1. The maximum Gasteiger partial charge on any atom is 0.277 e. The molecule has 0 fully saturated rings. The zero-order valence-electron chi connectivity index (χ0n) is 18.8. The van der Waals surface area contributed by atoms with Gasteiger partial charge in [0.2, 0.25) is 0 Å². The molecule has 0 aliphatic rings. The Morgan fingerprint density at radius 3 is 2.52 bits per heavy atom. The molecule has 7 heteroatoms. The molecule has 0 heterocycles. The van der Waals surface area contributed by atoms with Crippen molar-refractivity contribution in [3.8, 4) is 17.2 Å². The van der Waals surface area contributed by atoms with Crippen molar-refractivity contribution in [3.63, 3.8) is 0 Å². The van der Waals surface area contributed by atoms with Crippen molar-refractivity contribution in [2.24, 2.45) is 5.10 Å². The number of amides is 1. The number of hydrazone groups is 1. The van der Waals surface area contributed by atoms with Crippen molar-refractivity contribution in [2.75, 3.05) is 20.3 Å². The van der Waals surface area contributed by atoms with E-state index in [0.29, 0.717) is 23.9 Å². The summed E-state index contributed by atoms with van der Waals surface area (Å²) in [5.74, 6) is 1.65. The van der Waals surface area contributed by atoms with Crippen LogP contribution in [0.1, 0.15) is 51.7 Å². The first-order valence-corrected chi connectivity index (χ1v) is 11.1. The summed E-state index contributed by atoms with van der Waals surface area (Å²) >= 11 is 3.48. The number of halogens is 1. The van der Waals surface area contributed by atoms with Gasteiger partial charge in [-0.2, -0.15) is 5.10 Å². The van der Waals surface area contributed by atoms with Crippen LogP contribution < -0.4 is 19.6 Å². The van der Waals surface area contributed by atoms with E-state index in [0.717, 1.165) is 28.4 Å². The highest BCUT2D eigenvalue weighted by Crippen LogP contribution is 2.33. The van der Waals surface area contributed by atoms with Gasteiger partial charge in [-0.3, -0.25) is 4.79 Å². The summed E-state index contributed by atoms with van der Waals surface area (Å²) < 4.78 is 17.8. The number of rotatable bonds is 10. The topological polar surface area (TPSA) is 69.2 Å². The third-order valence-corrected chi connectivity index (χ3v) is 4.95. The van der Waals surface area contributed by atoms with Crippen LogP contribution >= 0.6 is 15.9 Å². The maximum absolute atomic E-state index is 12.2. The summed E-state index contributed by atoms with van der Waals surface area (Å²) in [4.78, 5) is 12.2. The van der Waals surface area contributed by atoms with E-state index in [1.807, 2.05) is 36.4 Å². The van der Waals surface area contributed by atoms with Crippen LogP contribution in [0.25, 0.3) is 0 Å². The van der Waals surface area contributed by atoms with Gasteiger partial charge in [0.05, 0.1) is 19.9 Å². The van der Waals surface area contributed by atoms with Crippen LogP contribution in [0.3, 0.4) is 0 Å². The van der Waals surface area contributed by atoms with Crippen LogP contribution in [0.5, 0.6) is 17.2 Å². The Morgan fingerprint density at radius 1 is 1.10 bits per heavy atom. The van der Waals surface area contributed by atoms with Gasteiger partial charge in [-0.25, -0.2) is 5.43 Å². The zero-order valence-corrected chi connectivity index (χ0v) is 20.4. The van der Waals surface area contributed by atoms with Crippen molar-refractivity contribution >= 4 is 28.1 Å². The highest BCUT2D eigenvalue weighted by atomic mass is 79.9. The number of unbranched alkanes of at least 4 members (excludes halogenated alkanes) is 1. The Morgan fingerprint density at radius 2 is 1.84 bits per heavy atom. The number of hydrogen-bond acceptors (Lipinski definition) is 5. The lowest BCUT2D eigenvalue weighted by molar-refractivity contribution is -0.123. The average Bonchev–Trinajstić information content (AvgIpc) is 2.73. The molecule has 2 aromatic rings. The number of nitrogens with zero attached hydrogens (tertiary/aromatic N) is 1. The Kier molecular flexibility index (Phi) is 9.37. The van der Waals surface area contributed by atoms with E-state index in [9.17, 15) is 4.79 Å². The molecule has 6 nitrogen and oxygen atoms in total. The lowest BCUT2D eigenvalue weighted by Gasteiger charge is -2.23. The predicted octanol–water partition coefficient (Wildman–Crippen LogP) is 5.46. The molecular weight excluding hydrogens is 460 g/mol. The molecule has 0 saturated carbocycles. The highest BCUT2D eigenvalue weighted by molar-refractivity contribution is 9.10. The fraction of sp³-hybridized carbons (Fsp3) is 0.417. The van der Waals surface area contributed by atoms with Gasteiger partial charge in [-0.15, -0.1) is 0 Å². The average molecular weight is 491 g/mol. The van der Waals surface area contributed by atoms with E-state index in [2.05, 4.69) is 54.2 Å². The van der Waals surface area contributed by atoms with E-state index >= 15 is 0 Å². The van der Waals surface area contributed by atoms with Crippen LogP contribution in [-0.2, 0) is 10.2 Å². The smallest absolute Gasteiger partial charge is 0.277 e. The quantitative estimate of drug-likeness (QED) is 0.272. The molecular formula is C24H31BrN2O4. The minimum Gasteiger partial charge on any atom is -0.493 e. The van der Waals surface area contributed by atoms with E-state index in [1.54, 1.807) is 13.3 Å². The third-order valence-electron chi connectivity index (χ3n) is 4.45. The van der Waals surface area contributed by atoms with Crippen LogP contribution in [0.15, 0.2) is 46.0 Å². The largest absolute Gasteiger partial charge is 0.493 e. The molecule has 0 spiro atoms. The van der Waals surface area contributed by atoms with Gasteiger partial charge in [0, 0.05) is 10.0 Å². The summed E-state index contributed by atoms with van der Waals surface area (Å²) in [6.07, 6.45) is 3.60. The van der Waals surface area contributed by atoms with Gasteiger partial charge in [0.15, 0.2) is 18.1 Å². The monoisotopic (exact) mass is 490 g/mol. The maximum atomic E-state index is 12.2. The van der Waals surface area contributed by atoms with Crippen LogP contribution in [0.4, 0.5) is 0 Å². The normalized spacial score (nSPS) is 11.4. The Labute approximate surface area is 193 Å². The van der Waals surface area contributed by atoms with Crippen molar-refractivity contribution < 1.29 is 19.0 Å². The summed E-state index contributed by atoms with van der Waals surface area (Å²) in [5.41, 5.74) is 4.18. The molecule has 0 unspecified atom stereocenters. The van der Waals surface area contributed by atoms with Crippen molar-refractivity contribution in [3.05, 3.63) is 52.0 Å². The van der Waals surface area contributed by atoms with E-state index in [4.69, 9.17) is 14.2 Å². The van der Waals surface area contributed by atoms with Crippen molar-refractivity contribution in [1.82, 2.24) is 5.43 Å². The van der Waals surface area contributed by atoms with Gasteiger partial charge in [-0.05, 0) is 53.8 Å². The minimum absolute atomic E-state index is 0.112.